The normalized spacial score (nSPS) is 12.1. The minimum Gasteiger partial charge on any atom is -0.480 e. The van der Waals surface area contributed by atoms with Crippen molar-refractivity contribution in [3.8, 4) is 0 Å². The van der Waals surface area contributed by atoms with Crippen molar-refractivity contribution in [1.82, 2.24) is 5.32 Å². The fourth-order valence-electron chi connectivity index (χ4n) is 1.16. The summed E-state index contributed by atoms with van der Waals surface area (Å²) >= 11 is 6.20. The number of rotatable bonds is 6. The maximum atomic E-state index is 11.7. The Morgan fingerprint density at radius 2 is 2.35 bits per heavy atom. The van der Waals surface area contributed by atoms with Crippen LogP contribution in [0.25, 0.3) is 0 Å². The van der Waals surface area contributed by atoms with Gasteiger partial charge in [0.25, 0.3) is 5.91 Å². The molecule has 0 fully saturated rings. The predicted molar refractivity (Wildman–Crippen MR) is 73.9 cm³/mol. The lowest BCUT2D eigenvalue weighted by Gasteiger charge is -2.13. The molecular formula is C10H12BrNO3S2. The Labute approximate surface area is 116 Å². The van der Waals surface area contributed by atoms with Crippen molar-refractivity contribution in [2.24, 2.45) is 0 Å². The fraction of sp³-hybridized carbons (Fsp3) is 0.400. The van der Waals surface area contributed by atoms with Crippen molar-refractivity contribution in [2.45, 2.75) is 12.5 Å². The first kappa shape index (κ1) is 14.5. The average molecular weight is 338 g/mol. The molecule has 1 atom stereocenters. The highest BCUT2D eigenvalue weighted by molar-refractivity contribution is 9.11. The van der Waals surface area contributed by atoms with Crippen LogP contribution in [-0.4, -0.2) is 35.0 Å². The maximum absolute atomic E-state index is 11.7. The van der Waals surface area contributed by atoms with Gasteiger partial charge in [0, 0.05) is 5.38 Å². The van der Waals surface area contributed by atoms with E-state index in [0.717, 1.165) is 3.79 Å². The van der Waals surface area contributed by atoms with Crippen LogP contribution in [0.5, 0.6) is 0 Å². The number of amides is 1. The van der Waals surface area contributed by atoms with Crippen molar-refractivity contribution in [3.05, 3.63) is 20.8 Å². The maximum Gasteiger partial charge on any atom is 0.326 e. The summed E-state index contributed by atoms with van der Waals surface area (Å²) in [6, 6.07) is 0.849. The third kappa shape index (κ3) is 4.69. The second kappa shape index (κ2) is 7.03. The van der Waals surface area contributed by atoms with Crippen LogP contribution in [0, 0.1) is 0 Å². The number of carboxylic acid groups (broad SMARTS) is 1. The van der Waals surface area contributed by atoms with Gasteiger partial charge in [-0.25, -0.2) is 4.79 Å². The van der Waals surface area contributed by atoms with Gasteiger partial charge in [0.15, 0.2) is 0 Å². The minimum absolute atomic E-state index is 0.347. The van der Waals surface area contributed by atoms with Crippen molar-refractivity contribution in [2.75, 3.05) is 12.0 Å². The average Bonchev–Trinajstić information content (AvgIpc) is 2.70. The summed E-state index contributed by atoms with van der Waals surface area (Å²) in [6.07, 6.45) is 2.32. The Morgan fingerprint density at radius 3 is 2.82 bits per heavy atom. The van der Waals surface area contributed by atoms with Crippen LogP contribution in [0.3, 0.4) is 0 Å². The number of hydrogen-bond acceptors (Lipinski definition) is 4. The van der Waals surface area contributed by atoms with Crippen molar-refractivity contribution >= 4 is 50.9 Å². The topological polar surface area (TPSA) is 66.4 Å². The molecule has 0 radical (unpaired) electrons. The van der Waals surface area contributed by atoms with Crippen LogP contribution < -0.4 is 5.32 Å². The Kier molecular flexibility index (Phi) is 6.01. The molecule has 17 heavy (non-hydrogen) atoms. The number of carboxylic acids is 1. The third-order valence-electron chi connectivity index (χ3n) is 2.04. The van der Waals surface area contributed by atoms with Crippen molar-refractivity contribution in [3.63, 3.8) is 0 Å². The molecule has 2 N–H and O–H groups in total. The number of hydrogen-bond donors (Lipinski definition) is 2. The summed E-state index contributed by atoms with van der Waals surface area (Å²) in [5.74, 6) is -0.646. The van der Waals surface area contributed by atoms with Gasteiger partial charge >= 0.3 is 5.97 Å². The fourth-order valence-corrected chi connectivity index (χ4v) is 2.77. The zero-order chi connectivity index (χ0) is 12.8. The van der Waals surface area contributed by atoms with Crippen molar-refractivity contribution in [1.29, 1.82) is 0 Å². The smallest absolute Gasteiger partial charge is 0.326 e. The molecule has 0 spiro atoms. The molecule has 0 aliphatic rings. The Bertz CT molecular complexity index is 408. The summed E-state index contributed by atoms with van der Waals surface area (Å²) in [5.41, 5.74) is 0.484. The van der Waals surface area contributed by atoms with E-state index in [-0.39, 0.29) is 5.91 Å². The van der Waals surface area contributed by atoms with E-state index in [9.17, 15) is 9.59 Å². The molecular weight excluding hydrogens is 326 g/mol. The molecule has 0 aliphatic carbocycles. The predicted octanol–water partition coefficient (Wildman–Crippen LogP) is 2.45. The van der Waals surface area contributed by atoms with Gasteiger partial charge in [-0.1, -0.05) is 0 Å². The van der Waals surface area contributed by atoms with Crippen molar-refractivity contribution < 1.29 is 14.7 Å². The molecule has 1 aromatic heterocycles. The van der Waals surface area contributed by atoms with Gasteiger partial charge in [-0.15, -0.1) is 11.3 Å². The standard InChI is InChI=1S/C10H12BrNO3S2/c1-16-3-2-7(10(14)15)12-9(13)6-4-8(11)17-5-6/h4-5,7H,2-3H2,1H3,(H,12,13)(H,14,15). The summed E-state index contributed by atoms with van der Waals surface area (Å²) in [7, 11) is 0. The molecule has 4 nitrogen and oxygen atoms in total. The molecule has 1 unspecified atom stereocenters. The Balaban J connectivity index is 2.60. The largest absolute Gasteiger partial charge is 0.480 e. The molecule has 94 valence electrons. The zero-order valence-corrected chi connectivity index (χ0v) is 12.3. The van der Waals surface area contributed by atoms with Gasteiger partial charge in [-0.3, -0.25) is 4.79 Å². The molecule has 0 aromatic carbocycles. The molecule has 0 saturated carbocycles. The summed E-state index contributed by atoms with van der Waals surface area (Å²) in [5, 5.41) is 13.2. The van der Waals surface area contributed by atoms with Gasteiger partial charge in [-0.05, 0) is 40.4 Å². The number of thioether (sulfide) groups is 1. The Morgan fingerprint density at radius 1 is 1.65 bits per heavy atom. The molecule has 0 aliphatic heterocycles. The second-order valence-electron chi connectivity index (χ2n) is 3.29. The van der Waals surface area contributed by atoms with E-state index in [0.29, 0.717) is 17.7 Å². The van der Waals surface area contributed by atoms with Gasteiger partial charge in [-0.2, -0.15) is 11.8 Å². The summed E-state index contributed by atoms with van der Waals surface area (Å²) in [4.78, 5) is 22.7. The monoisotopic (exact) mass is 337 g/mol. The van der Waals surface area contributed by atoms with Gasteiger partial charge < -0.3 is 10.4 Å². The number of thiophene rings is 1. The second-order valence-corrected chi connectivity index (χ2v) is 6.56. The van der Waals surface area contributed by atoms with E-state index in [4.69, 9.17) is 5.11 Å². The number of nitrogens with one attached hydrogen (secondary N) is 1. The van der Waals surface area contributed by atoms with Crippen LogP contribution in [0.4, 0.5) is 0 Å². The molecule has 1 aromatic rings. The van der Waals surface area contributed by atoms with E-state index in [1.165, 1.54) is 11.3 Å². The van der Waals surface area contributed by atoms with E-state index in [2.05, 4.69) is 21.2 Å². The molecule has 0 bridgehead atoms. The highest BCUT2D eigenvalue weighted by Gasteiger charge is 2.20. The lowest BCUT2D eigenvalue weighted by molar-refractivity contribution is -0.139. The molecule has 1 rings (SSSR count). The highest BCUT2D eigenvalue weighted by Crippen LogP contribution is 2.20. The first-order chi connectivity index (χ1) is 8.04. The lowest BCUT2D eigenvalue weighted by atomic mass is 10.2. The van der Waals surface area contributed by atoms with E-state index < -0.39 is 12.0 Å². The van der Waals surface area contributed by atoms with E-state index in [1.807, 2.05) is 6.26 Å². The SMILES string of the molecule is CSCCC(NC(=O)c1csc(Br)c1)C(=O)O. The molecule has 7 heteroatoms. The van der Waals surface area contributed by atoms with Crippen LogP contribution >= 0.6 is 39.0 Å². The van der Waals surface area contributed by atoms with Crippen LogP contribution in [0.2, 0.25) is 0 Å². The van der Waals surface area contributed by atoms with Crippen LogP contribution in [0.15, 0.2) is 15.2 Å². The third-order valence-corrected chi connectivity index (χ3v) is 4.19. The molecule has 1 heterocycles. The number of carbonyl (C=O) groups excluding carboxylic acids is 1. The number of aliphatic carboxylic acids is 1. The van der Waals surface area contributed by atoms with E-state index >= 15 is 0 Å². The first-order valence-corrected chi connectivity index (χ1v) is 7.88. The van der Waals surface area contributed by atoms with Crippen LogP contribution in [0.1, 0.15) is 16.8 Å². The molecule has 1 amide bonds. The number of carbonyl (C=O) groups is 2. The quantitative estimate of drug-likeness (QED) is 0.836. The summed E-state index contributed by atoms with van der Waals surface area (Å²) in [6.45, 7) is 0. The Hall–Kier alpha value is -0.530. The number of halogens is 1. The highest BCUT2D eigenvalue weighted by atomic mass is 79.9. The van der Waals surface area contributed by atoms with Crippen LogP contribution in [-0.2, 0) is 4.79 Å². The van der Waals surface area contributed by atoms with Gasteiger partial charge in [0.1, 0.15) is 6.04 Å². The first-order valence-electron chi connectivity index (χ1n) is 4.81. The lowest BCUT2D eigenvalue weighted by Crippen LogP contribution is -2.41. The minimum atomic E-state index is -0.998. The van der Waals surface area contributed by atoms with E-state index in [1.54, 1.807) is 23.2 Å². The summed E-state index contributed by atoms with van der Waals surface area (Å²) < 4.78 is 0.846. The molecule has 0 saturated heterocycles. The van der Waals surface area contributed by atoms with Gasteiger partial charge in [0.2, 0.25) is 0 Å². The van der Waals surface area contributed by atoms with Gasteiger partial charge in [0.05, 0.1) is 9.35 Å². The zero-order valence-electron chi connectivity index (χ0n) is 9.10.